The van der Waals surface area contributed by atoms with Crippen molar-refractivity contribution in [2.75, 3.05) is 0 Å². The molecule has 0 saturated carbocycles. The molecule has 0 aromatic carbocycles. The summed E-state index contributed by atoms with van der Waals surface area (Å²) >= 11 is 3.02. The van der Waals surface area contributed by atoms with Crippen LogP contribution in [0.4, 0.5) is 0 Å². The Hall–Kier alpha value is -1.67. The smallest absolute Gasteiger partial charge is 0.275 e. The Morgan fingerprint density at radius 1 is 1.45 bits per heavy atom. The Bertz CT molecular complexity index is 804. The Morgan fingerprint density at radius 3 is 3.00 bits per heavy atom. The third-order valence-electron chi connectivity index (χ3n) is 2.77. The quantitative estimate of drug-likeness (QED) is 0.687. The van der Waals surface area contributed by atoms with E-state index in [2.05, 4.69) is 15.1 Å². The maximum Gasteiger partial charge on any atom is 0.275 e. The summed E-state index contributed by atoms with van der Waals surface area (Å²) in [6.07, 6.45) is 4.46. The Balaban J connectivity index is 1.88. The molecule has 0 aliphatic rings. The second-order valence-corrected chi connectivity index (χ2v) is 6.22. The minimum Gasteiger partial charge on any atom is -0.329 e. The Morgan fingerprint density at radius 2 is 2.30 bits per heavy atom. The number of imidazole rings is 1. The monoisotopic (exact) mass is 307 g/mol. The molecule has 8 heteroatoms. The molecular weight excluding hydrogens is 294 g/mol. The van der Waals surface area contributed by atoms with Gasteiger partial charge in [-0.25, -0.2) is 9.97 Å². The zero-order chi connectivity index (χ0) is 14.1. The van der Waals surface area contributed by atoms with Crippen molar-refractivity contribution in [1.82, 2.24) is 24.1 Å². The Labute approximate surface area is 123 Å². The van der Waals surface area contributed by atoms with E-state index in [9.17, 15) is 4.79 Å². The molecule has 0 atom stereocenters. The molecule has 104 valence electrons. The first-order valence-corrected chi connectivity index (χ1v) is 7.96. The molecule has 3 aromatic heterocycles. The van der Waals surface area contributed by atoms with Gasteiger partial charge in [0.1, 0.15) is 5.01 Å². The SMILES string of the molecule is CCc1nn2c(=O)cc(CSc3nccn3C)nc2s1. The third-order valence-corrected chi connectivity index (χ3v) is 4.91. The van der Waals surface area contributed by atoms with Gasteiger partial charge in [0, 0.05) is 31.3 Å². The van der Waals surface area contributed by atoms with Crippen LogP contribution in [0.1, 0.15) is 17.6 Å². The molecule has 0 fully saturated rings. The molecule has 20 heavy (non-hydrogen) atoms. The first-order chi connectivity index (χ1) is 9.67. The molecule has 6 nitrogen and oxygen atoms in total. The molecule has 0 bridgehead atoms. The average molecular weight is 307 g/mol. The molecular formula is C12H13N5OS2. The molecule has 0 radical (unpaired) electrons. The largest absolute Gasteiger partial charge is 0.329 e. The number of rotatable bonds is 4. The number of aryl methyl sites for hydroxylation is 2. The van der Waals surface area contributed by atoms with Crippen molar-refractivity contribution in [2.45, 2.75) is 24.3 Å². The van der Waals surface area contributed by atoms with E-state index in [-0.39, 0.29) is 5.56 Å². The maximum absolute atomic E-state index is 12.0. The second kappa shape index (κ2) is 5.37. The number of thioether (sulfide) groups is 1. The summed E-state index contributed by atoms with van der Waals surface area (Å²) in [5.74, 6) is 0.621. The third kappa shape index (κ3) is 2.48. The molecule has 3 rings (SSSR count). The van der Waals surface area contributed by atoms with Gasteiger partial charge in [0.25, 0.3) is 5.56 Å². The molecule has 0 N–H and O–H groups in total. The molecule has 0 saturated heterocycles. The van der Waals surface area contributed by atoms with Crippen LogP contribution >= 0.6 is 23.1 Å². The van der Waals surface area contributed by atoms with Crippen LogP contribution in [0.25, 0.3) is 4.96 Å². The topological polar surface area (TPSA) is 65.1 Å². The molecule has 0 amide bonds. The first-order valence-electron chi connectivity index (χ1n) is 6.16. The van der Waals surface area contributed by atoms with Crippen LogP contribution in [0.3, 0.4) is 0 Å². The zero-order valence-corrected chi connectivity index (χ0v) is 12.7. The standard InChI is InChI=1S/C12H13N5OS2/c1-3-9-15-17-10(18)6-8(14-12(17)20-9)7-19-11-13-4-5-16(11)2/h4-6H,3,7H2,1-2H3. The summed E-state index contributed by atoms with van der Waals surface area (Å²) in [7, 11) is 1.94. The lowest BCUT2D eigenvalue weighted by atomic mass is 10.4. The first kappa shape index (κ1) is 13.3. The van der Waals surface area contributed by atoms with Crippen LogP contribution in [-0.4, -0.2) is 24.1 Å². The Kier molecular flexibility index (Phi) is 3.58. The van der Waals surface area contributed by atoms with Gasteiger partial charge >= 0.3 is 0 Å². The van der Waals surface area contributed by atoms with Crippen LogP contribution in [0, 0.1) is 0 Å². The van der Waals surface area contributed by atoms with E-state index in [1.54, 1.807) is 24.0 Å². The van der Waals surface area contributed by atoms with E-state index >= 15 is 0 Å². The van der Waals surface area contributed by atoms with E-state index in [1.165, 1.54) is 15.9 Å². The van der Waals surface area contributed by atoms with Gasteiger partial charge in [0.2, 0.25) is 4.96 Å². The van der Waals surface area contributed by atoms with Crippen molar-refractivity contribution in [1.29, 1.82) is 0 Å². The van der Waals surface area contributed by atoms with E-state index < -0.39 is 0 Å². The second-order valence-electron chi connectivity index (χ2n) is 4.24. The minimum absolute atomic E-state index is 0.124. The molecule has 0 spiro atoms. The van der Waals surface area contributed by atoms with Gasteiger partial charge in [0.15, 0.2) is 5.16 Å². The van der Waals surface area contributed by atoms with Crippen molar-refractivity contribution in [2.24, 2.45) is 7.05 Å². The van der Waals surface area contributed by atoms with Crippen molar-refractivity contribution in [3.63, 3.8) is 0 Å². The van der Waals surface area contributed by atoms with E-state index in [4.69, 9.17) is 0 Å². The fourth-order valence-electron chi connectivity index (χ4n) is 1.74. The van der Waals surface area contributed by atoms with E-state index in [0.29, 0.717) is 10.7 Å². The van der Waals surface area contributed by atoms with Gasteiger partial charge in [-0.3, -0.25) is 4.79 Å². The van der Waals surface area contributed by atoms with Crippen LogP contribution in [-0.2, 0) is 19.2 Å². The molecule has 3 heterocycles. The number of aromatic nitrogens is 5. The summed E-state index contributed by atoms with van der Waals surface area (Å²) in [5, 5.41) is 6.06. The van der Waals surface area contributed by atoms with Crippen LogP contribution in [0.5, 0.6) is 0 Å². The maximum atomic E-state index is 12.0. The highest BCUT2D eigenvalue weighted by molar-refractivity contribution is 7.98. The number of nitrogens with zero attached hydrogens (tertiary/aromatic N) is 5. The van der Waals surface area contributed by atoms with Crippen molar-refractivity contribution in [3.05, 3.63) is 39.5 Å². The predicted molar refractivity (Wildman–Crippen MR) is 79.3 cm³/mol. The lowest BCUT2D eigenvalue weighted by Gasteiger charge is -2.01. The van der Waals surface area contributed by atoms with Gasteiger partial charge in [-0.1, -0.05) is 30.0 Å². The van der Waals surface area contributed by atoms with Crippen molar-refractivity contribution >= 4 is 28.1 Å². The normalized spacial score (nSPS) is 11.3. The number of fused-ring (bicyclic) bond motifs is 1. The molecule has 0 unspecified atom stereocenters. The minimum atomic E-state index is -0.124. The fraction of sp³-hybridized carbons (Fsp3) is 0.333. The van der Waals surface area contributed by atoms with Crippen molar-refractivity contribution < 1.29 is 0 Å². The van der Waals surface area contributed by atoms with Crippen LogP contribution < -0.4 is 5.56 Å². The summed E-state index contributed by atoms with van der Waals surface area (Å²) < 4.78 is 3.32. The van der Waals surface area contributed by atoms with Crippen LogP contribution in [0.15, 0.2) is 28.4 Å². The van der Waals surface area contributed by atoms with Gasteiger partial charge in [-0.2, -0.15) is 9.61 Å². The predicted octanol–water partition coefficient (Wildman–Crippen LogP) is 1.74. The fourth-order valence-corrected chi connectivity index (χ4v) is 3.42. The highest BCUT2D eigenvalue weighted by Crippen LogP contribution is 2.20. The lowest BCUT2D eigenvalue weighted by Crippen LogP contribution is -2.15. The highest BCUT2D eigenvalue weighted by atomic mass is 32.2. The molecule has 0 aliphatic heterocycles. The highest BCUT2D eigenvalue weighted by Gasteiger charge is 2.09. The number of hydrogen-bond acceptors (Lipinski definition) is 6. The lowest BCUT2D eigenvalue weighted by molar-refractivity contribution is 0.789. The van der Waals surface area contributed by atoms with E-state index in [0.717, 1.165) is 22.3 Å². The van der Waals surface area contributed by atoms with Crippen molar-refractivity contribution in [3.8, 4) is 0 Å². The van der Waals surface area contributed by atoms with Gasteiger partial charge in [-0.05, 0) is 6.42 Å². The number of hydrogen-bond donors (Lipinski definition) is 0. The summed E-state index contributed by atoms with van der Waals surface area (Å²) in [5.41, 5.74) is 0.635. The van der Waals surface area contributed by atoms with E-state index in [1.807, 2.05) is 24.7 Å². The summed E-state index contributed by atoms with van der Waals surface area (Å²) in [6.45, 7) is 2.01. The average Bonchev–Trinajstić information content (AvgIpc) is 3.02. The molecule has 3 aromatic rings. The molecule has 0 aliphatic carbocycles. The zero-order valence-electron chi connectivity index (χ0n) is 11.1. The summed E-state index contributed by atoms with van der Waals surface area (Å²) in [6, 6.07) is 1.54. The van der Waals surface area contributed by atoms with Gasteiger partial charge in [-0.15, -0.1) is 0 Å². The van der Waals surface area contributed by atoms with Gasteiger partial charge in [0.05, 0.1) is 5.69 Å². The van der Waals surface area contributed by atoms with Gasteiger partial charge < -0.3 is 4.57 Å². The summed E-state index contributed by atoms with van der Waals surface area (Å²) in [4.78, 5) is 21.4. The van der Waals surface area contributed by atoms with Crippen LogP contribution in [0.2, 0.25) is 0 Å².